The Labute approximate surface area is 126 Å². The van der Waals surface area contributed by atoms with Crippen molar-refractivity contribution >= 4 is 15.9 Å². The minimum absolute atomic E-state index is 0.195. The van der Waals surface area contributed by atoms with Gasteiger partial charge in [0, 0.05) is 0 Å². The molecule has 0 heterocycles. The molecular formula is C18H18O2S. The first-order valence-corrected chi connectivity index (χ1v) is 8.66. The third-order valence-electron chi connectivity index (χ3n) is 3.95. The maximum absolute atomic E-state index is 13.1. The topological polar surface area (TPSA) is 34.1 Å². The summed E-state index contributed by atoms with van der Waals surface area (Å²) in [5, 5.41) is -0.559. The first-order valence-electron chi connectivity index (χ1n) is 7.11. The van der Waals surface area contributed by atoms with Crippen LogP contribution in [-0.4, -0.2) is 8.42 Å². The van der Waals surface area contributed by atoms with E-state index >= 15 is 0 Å². The van der Waals surface area contributed by atoms with Crippen molar-refractivity contribution in [2.45, 2.75) is 24.0 Å². The third-order valence-corrected chi connectivity index (χ3v) is 6.03. The molecule has 0 saturated carbocycles. The smallest absolute Gasteiger partial charge is 0.189 e. The Bertz CT molecular complexity index is 787. The first-order chi connectivity index (χ1) is 10.0. The fourth-order valence-corrected chi connectivity index (χ4v) is 4.93. The summed E-state index contributed by atoms with van der Waals surface area (Å²) in [4.78, 5) is 0.387. The molecule has 0 aliphatic heterocycles. The van der Waals surface area contributed by atoms with Crippen molar-refractivity contribution < 1.29 is 8.42 Å². The Hall–Kier alpha value is -1.87. The number of rotatable bonds is 3. The number of hydrogen-bond acceptors (Lipinski definition) is 2. The summed E-state index contributed by atoms with van der Waals surface area (Å²) in [6.07, 6.45) is 2.03. The SMILES string of the molecule is CC(C)C1=Cc2ccccc2C1S(=O)(=O)c1ccccc1. The van der Waals surface area contributed by atoms with Gasteiger partial charge in [-0.25, -0.2) is 8.42 Å². The summed E-state index contributed by atoms with van der Waals surface area (Å²) >= 11 is 0. The molecule has 0 saturated heterocycles. The minimum Gasteiger partial charge on any atom is -0.223 e. The van der Waals surface area contributed by atoms with E-state index in [0.29, 0.717) is 4.90 Å². The molecule has 1 aliphatic carbocycles. The highest BCUT2D eigenvalue weighted by Gasteiger charge is 2.37. The second-order valence-corrected chi connectivity index (χ2v) is 7.70. The molecule has 0 aromatic heterocycles. The fourth-order valence-electron chi connectivity index (χ4n) is 2.88. The van der Waals surface area contributed by atoms with Gasteiger partial charge in [-0.15, -0.1) is 0 Å². The van der Waals surface area contributed by atoms with Crippen molar-refractivity contribution in [3.05, 3.63) is 71.3 Å². The van der Waals surface area contributed by atoms with Crippen LogP contribution in [0.2, 0.25) is 0 Å². The molecule has 2 aromatic carbocycles. The maximum Gasteiger partial charge on any atom is 0.189 e. The summed E-state index contributed by atoms with van der Waals surface area (Å²) in [7, 11) is -3.41. The zero-order valence-electron chi connectivity index (χ0n) is 12.2. The Morgan fingerprint density at radius 3 is 2.19 bits per heavy atom. The van der Waals surface area contributed by atoms with E-state index in [2.05, 4.69) is 0 Å². The van der Waals surface area contributed by atoms with Crippen LogP contribution in [0.25, 0.3) is 6.08 Å². The van der Waals surface area contributed by atoms with Crippen molar-refractivity contribution in [1.82, 2.24) is 0 Å². The Morgan fingerprint density at radius 1 is 0.905 bits per heavy atom. The number of sulfone groups is 1. The van der Waals surface area contributed by atoms with Gasteiger partial charge in [0.15, 0.2) is 9.84 Å². The van der Waals surface area contributed by atoms with E-state index in [1.807, 2.05) is 50.3 Å². The molecule has 0 fully saturated rings. The molecule has 0 N–H and O–H groups in total. The van der Waals surface area contributed by atoms with Gasteiger partial charge < -0.3 is 0 Å². The Kier molecular flexibility index (Phi) is 3.46. The van der Waals surface area contributed by atoms with E-state index in [9.17, 15) is 8.42 Å². The molecule has 108 valence electrons. The van der Waals surface area contributed by atoms with E-state index in [0.717, 1.165) is 16.7 Å². The normalized spacial score (nSPS) is 17.7. The molecule has 1 unspecified atom stereocenters. The van der Waals surface area contributed by atoms with Gasteiger partial charge in [-0.05, 0) is 34.8 Å². The molecule has 0 bridgehead atoms. The highest BCUT2D eigenvalue weighted by Crippen LogP contribution is 2.45. The molecular weight excluding hydrogens is 280 g/mol. The van der Waals surface area contributed by atoms with Crippen LogP contribution in [0.1, 0.15) is 30.2 Å². The lowest BCUT2D eigenvalue weighted by Crippen LogP contribution is -2.16. The molecule has 2 aromatic rings. The number of fused-ring (bicyclic) bond motifs is 1. The van der Waals surface area contributed by atoms with Crippen molar-refractivity contribution in [3.63, 3.8) is 0 Å². The van der Waals surface area contributed by atoms with E-state index in [-0.39, 0.29) is 5.92 Å². The molecule has 3 heteroatoms. The van der Waals surface area contributed by atoms with E-state index in [1.165, 1.54) is 0 Å². The number of benzene rings is 2. The van der Waals surface area contributed by atoms with E-state index in [4.69, 9.17) is 0 Å². The van der Waals surface area contributed by atoms with E-state index < -0.39 is 15.1 Å². The predicted octanol–water partition coefficient (Wildman–Crippen LogP) is 4.25. The van der Waals surface area contributed by atoms with Gasteiger partial charge in [-0.1, -0.05) is 62.4 Å². The third kappa shape index (κ3) is 2.32. The molecule has 0 amide bonds. The second-order valence-electron chi connectivity index (χ2n) is 5.67. The van der Waals surface area contributed by atoms with Gasteiger partial charge in [-0.3, -0.25) is 0 Å². The van der Waals surface area contributed by atoms with Crippen molar-refractivity contribution in [3.8, 4) is 0 Å². The van der Waals surface area contributed by atoms with Crippen LogP contribution < -0.4 is 0 Å². The molecule has 21 heavy (non-hydrogen) atoms. The largest absolute Gasteiger partial charge is 0.223 e. The summed E-state index contributed by atoms with van der Waals surface area (Å²) in [6.45, 7) is 4.09. The average molecular weight is 298 g/mol. The monoisotopic (exact) mass is 298 g/mol. The van der Waals surface area contributed by atoms with Gasteiger partial charge in [0.05, 0.1) is 4.90 Å². The summed E-state index contributed by atoms with van der Waals surface area (Å²) < 4.78 is 26.1. The van der Waals surface area contributed by atoms with Crippen LogP contribution in [-0.2, 0) is 9.84 Å². The van der Waals surface area contributed by atoms with Gasteiger partial charge in [0.1, 0.15) is 5.25 Å². The maximum atomic E-state index is 13.1. The van der Waals surface area contributed by atoms with Crippen LogP contribution in [0.15, 0.2) is 65.1 Å². The highest BCUT2D eigenvalue weighted by atomic mass is 32.2. The second kappa shape index (κ2) is 5.15. The molecule has 1 atom stereocenters. The van der Waals surface area contributed by atoms with Gasteiger partial charge in [-0.2, -0.15) is 0 Å². The van der Waals surface area contributed by atoms with Crippen LogP contribution in [0, 0.1) is 5.92 Å². The van der Waals surface area contributed by atoms with Gasteiger partial charge >= 0.3 is 0 Å². The standard InChI is InChI=1S/C18H18O2S/c1-13(2)17-12-14-8-6-7-11-16(14)18(17)21(19,20)15-9-4-3-5-10-15/h3-13,18H,1-2H3. The summed E-state index contributed by atoms with van der Waals surface area (Å²) in [6, 6.07) is 16.5. The van der Waals surface area contributed by atoms with Crippen LogP contribution in [0.5, 0.6) is 0 Å². The Morgan fingerprint density at radius 2 is 1.52 bits per heavy atom. The van der Waals surface area contributed by atoms with Crippen LogP contribution in [0.3, 0.4) is 0 Å². The van der Waals surface area contributed by atoms with Crippen LogP contribution >= 0.6 is 0 Å². The van der Waals surface area contributed by atoms with Crippen molar-refractivity contribution in [2.24, 2.45) is 5.92 Å². The van der Waals surface area contributed by atoms with Crippen molar-refractivity contribution in [1.29, 1.82) is 0 Å². The number of hydrogen-bond donors (Lipinski definition) is 0. The molecule has 0 radical (unpaired) electrons. The Balaban J connectivity index is 2.18. The minimum atomic E-state index is -3.41. The summed E-state index contributed by atoms with van der Waals surface area (Å²) in [5.74, 6) is 0.195. The zero-order valence-corrected chi connectivity index (χ0v) is 13.0. The lowest BCUT2D eigenvalue weighted by atomic mass is 10.0. The van der Waals surface area contributed by atoms with Crippen LogP contribution in [0.4, 0.5) is 0 Å². The highest BCUT2D eigenvalue weighted by molar-refractivity contribution is 7.92. The molecule has 1 aliphatic rings. The predicted molar refractivity (Wildman–Crippen MR) is 85.6 cm³/mol. The van der Waals surface area contributed by atoms with Crippen molar-refractivity contribution in [2.75, 3.05) is 0 Å². The van der Waals surface area contributed by atoms with Gasteiger partial charge in [0.2, 0.25) is 0 Å². The van der Waals surface area contributed by atoms with Gasteiger partial charge in [0.25, 0.3) is 0 Å². The zero-order chi connectivity index (χ0) is 15.0. The lowest BCUT2D eigenvalue weighted by Gasteiger charge is -2.20. The first kappa shape index (κ1) is 14.1. The average Bonchev–Trinajstić information content (AvgIpc) is 2.88. The molecule has 2 nitrogen and oxygen atoms in total. The van der Waals surface area contributed by atoms with E-state index in [1.54, 1.807) is 24.3 Å². The fraction of sp³-hybridized carbons (Fsp3) is 0.222. The summed E-state index contributed by atoms with van der Waals surface area (Å²) in [5.41, 5.74) is 2.89. The lowest BCUT2D eigenvalue weighted by molar-refractivity contribution is 0.583. The molecule has 0 spiro atoms. The quantitative estimate of drug-likeness (QED) is 0.848. The molecule has 3 rings (SSSR count).